The number of aliphatic imine (C=N–C) groups is 2. The van der Waals surface area contributed by atoms with Gasteiger partial charge in [0.05, 0.1) is 38.0 Å². The normalized spacial score (nSPS) is 25.3. The summed E-state index contributed by atoms with van der Waals surface area (Å²) in [6.07, 6.45) is 2.52. The summed E-state index contributed by atoms with van der Waals surface area (Å²) in [6.45, 7) is 8.62. The number of allylic oxidation sites excluding steroid dienone is 2. The highest BCUT2D eigenvalue weighted by Crippen LogP contribution is 2.42. The number of hydrogen-bond donors (Lipinski definition) is 2. The average Bonchev–Trinajstić information content (AvgIpc) is 2.73. The van der Waals surface area contributed by atoms with Gasteiger partial charge in [0.1, 0.15) is 23.4 Å². The molecule has 0 aromatic carbocycles. The molecular formula is C25H34N2O8. The molecule has 3 atom stereocenters. The van der Waals surface area contributed by atoms with E-state index in [9.17, 15) is 29.4 Å². The van der Waals surface area contributed by atoms with Crippen molar-refractivity contribution in [2.45, 2.75) is 53.5 Å². The number of nitrogens with zero attached hydrogens (tertiary/aromatic N) is 2. The fraction of sp³-hybridized carbons (Fsp3) is 0.600. The van der Waals surface area contributed by atoms with Gasteiger partial charge in [-0.05, 0) is 17.8 Å². The number of methoxy groups -OCH3 is 2. The molecule has 2 N–H and O–H groups in total. The number of aliphatic hydroxyl groups excluding tert-OH is 2. The second kappa shape index (κ2) is 10.5. The van der Waals surface area contributed by atoms with Gasteiger partial charge in [-0.25, -0.2) is 0 Å². The largest absolute Gasteiger partial charge is 0.511 e. The Bertz CT molecular complexity index is 1030. The van der Waals surface area contributed by atoms with E-state index >= 15 is 0 Å². The second-order valence-corrected chi connectivity index (χ2v) is 10.3. The monoisotopic (exact) mass is 490 g/mol. The maximum atomic E-state index is 12.5. The van der Waals surface area contributed by atoms with Crippen LogP contribution in [0.5, 0.6) is 0 Å². The molecule has 0 saturated heterocycles. The number of ether oxygens (including phenoxy) is 2. The molecule has 2 aliphatic rings. The molecule has 0 amide bonds. The van der Waals surface area contributed by atoms with E-state index in [0.29, 0.717) is 0 Å². The van der Waals surface area contributed by atoms with Crippen LogP contribution in [0.15, 0.2) is 32.6 Å². The minimum absolute atomic E-state index is 0.0396. The molecule has 2 aliphatic carbocycles. The Balaban J connectivity index is 2.21. The Morgan fingerprint density at radius 2 is 1.31 bits per heavy atom. The van der Waals surface area contributed by atoms with Crippen LogP contribution in [0.1, 0.15) is 47.5 Å². The zero-order valence-electron chi connectivity index (χ0n) is 21.2. The molecule has 35 heavy (non-hydrogen) atoms. The van der Waals surface area contributed by atoms with Crippen LogP contribution in [-0.4, -0.2) is 73.0 Å². The molecule has 0 unspecified atom stereocenters. The van der Waals surface area contributed by atoms with Crippen molar-refractivity contribution in [1.82, 2.24) is 0 Å². The molecule has 0 spiro atoms. The molecule has 10 nitrogen and oxygen atoms in total. The van der Waals surface area contributed by atoms with E-state index in [1.807, 2.05) is 0 Å². The number of Topliss-reactive ketones (excluding diaryl/α,β-unsaturated/α-hetero) is 2. The third kappa shape index (κ3) is 5.86. The Hall–Kier alpha value is -3.30. The predicted octanol–water partition coefficient (Wildman–Crippen LogP) is 2.72. The lowest BCUT2D eigenvalue weighted by Gasteiger charge is -2.35. The predicted molar refractivity (Wildman–Crippen MR) is 128 cm³/mol. The maximum absolute atomic E-state index is 12.5. The SMILES string of the molecule is COC(=O)[C@H]1C(O)=C(C=NC[C@@H](C)N=CC2=C(O)[C@H](C(=O)OC)C(C)(C)CC2=O)C(=O)CC1(C)C. The zero-order valence-corrected chi connectivity index (χ0v) is 21.2. The van der Waals surface area contributed by atoms with E-state index in [4.69, 9.17) is 9.47 Å². The Morgan fingerprint density at radius 3 is 1.71 bits per heavy atom. The van der Waals surface area contributed by atoms with Gasteiger partial charge in [0.25, 0.3) is 0 Å². The molecule has 0 heterocycles. The number of esters is 2. The van der Waals surface area contributed by atoms with E-state index in [2.05, 4.69) is 9.98 Å². The van der Waals surface area contributed by atoms with Crippen LogP contribution >= 0.6 is 0 Å². The van der Waals surface area contributed by atoms with Gasteiger partial charge in [-0.1, -0.05) is 27.7 Å². The van der Waals surface area contributed by atoms with Gasteiger partial charge >= 0.3 is 11.9 Å². The summed E-state index contributed by atoms with van der Waals surface area (Å²) in [6, 6.07) is -0.458. The second-order valence-electron chi connectivity index (χ2n) is 10.3. The molecular weight excluding hydrogens is 456 g/mol. The molecule has 0 aliphatic heterocycles. The Morgan fingerprint density at radius 1 is 0.914 bits per heavy atom. The van der Waals surface area contributed by atoms with Crippen LogP contribution in [-0.2, 0) is 28.7 Å². The van der Waals surface area contributed by atoms with Crippen molar-refractivity contribution in [3.8, 4) is 0 Å². The Labute approximate surface area is 204 Å². The third-order valence-corrected chi connectivity index (χ3v) is 6.42. The van der Waals surface area contributed by atoms with E-state index < -0.39 is 40.6 Å². The van der Waals surface area contributed by atoms with Crippen molar-refractivity contribution in [3.63, 3.8) is 0 Å². The van der Waals surface area contributed by atoms with Gasteiger partial charge < -0.3 is 19.7 Å². The minimum Gasteiger partial charge on any atom is -0.511 e. The van der Waals surface area contributed by atoms with Crippen molar-refractivity contribution in [2.75, 3.05) is 20.8 Å². The summed E-state index contributed by atoms with van der Waals surface area (Å²) in [7, 11) is 2.43. The molecule has 0 fully saturated rings. The molecule has 192 valence electrons. The number of aliphatic hydroxyl groups is 2. The highest BCUT2D eigenvalue weighted by Gasteiger charge is 2.47. The molecule has 0 bridgehead atoms. The van der Waals surface area contributed by atoms with Crippen LogP contribution < -0.4 is 0 Å². The molecule has 0 radical (unpaired) electrons. The lowest BCUT2D eigenvalue weighted by atomic mass is 9.68. The first kappa shape index (κ1) is 27.9. The first-order valence-corrected chi connectivity index (χ1v) is 11.3. The summed E-state index contributed by atoms with van der Waals surface area (Å²) < 4.78 is 9.57. The number of rotatable bonds is 7. The topological polar surface area (TPSA) is 152 Å². The van der Waals surface area contributed by atoms with Crippen LogP contribution in [0.25, 0.3) is 0 Å². The average molecular weight is 491 g/mol. The smallest absolute Gasteiger partial charge is 0.316 e. The minimum atomic E-state index is -0.987. The summed E-state index contributed by atoms with van der Waals surface area (Å²) in [5.41, 5.74) is -1.72. The van der Waals surface area contributed by atoms with Crippen molar-refractivity contribution in [3.05, 3.63) is 22.7 Å². The number of carbonyl (C=O) groups excluding carboxylic acids is 4. The molecule has 0 saturated carbocycles. The highest BCUT2D eigenvalue weighted by molar-refractivity contribution is 6.16. The van der Waals surface area contributed by atoms with Gasteiger partial charge in [-0.15, -0.1) is 0 Å². The Kier molecular flexibility index (Phi) is 8.41. The van der Waals surface area contributed by atoms with E-state index in [-0.39, 0.29) is 53.6 Å². The summed E-state index contributed by atoms with van der Waals surface area (Å²) in [5, 5.41) is 21.2. The van der Waals surface area contributed by atoms with Gasteiger partial charge in [0.15, 0.2) is 11.6 Å². The zero-order chi connectivity index (χ0) is 26.7. The quantitative estimate of drug-likeness (QED) is 0.408. The highest BCUT2D eigenvalue weighted by atomic mass is 16.5. The number of hydrogen-bond acceptors (Lipinski definition) is 10. The molecule has 10 heteroatoms. The van der Waals surface area contributed by atoms with Crippen molar-refractivity contribution in [1.29, 1.82) is 0 Å². The van der Waals surface area contributed by atoms with Gasteiger partial charge in [0, 0.05) is 25.3 Å². The maximum Gasteiger partial charge on any atom is 0.316 e. The van der Waals surface area contributed by atoms with Crippen molar-refractivity contribution >= 4 is 35.9 Å². The lowest BCUT2D eigenvalue weighted by molar-refractivity contribution is -0.151. The van der Waals surface area contributed by atoms with Crippen molar-refractivity contribution < 1.29 is 38.9 Å². The van der Waals surface area contributed by atoms with Gasteiger partial charge in [-0.3, -0.25) is 29.2 Å². The summed E-state index contributed by atoms with van der Waals surface area (Å²) >= 11 is 0. The van der Waals surface area contributed by atoms with Crippen LogP contribution in [0.4, 0.5) is 0 Å². The van der Waals surface area contributed by atoms with Gasteiger partial charge in [0.2, 0.25) is 0 Å². The van der Waals surface area contributed by atoms with E-state index in [1.54, 1.807) is 34.6 Å². The number of ketones is 2. The molecule has 2 rings (SSSR count). The first-order chi connectivity index (χ1) is 16.2. The first-order valence-electron chi connectivity index (χ1n) is 11.3. The van der Waals surface area contributed by atoms with Crippen molar-refractivity contribution in [2.24, 2.45) is 32.7 Å². The number of carbonyl (C=O) groups is 4. The standard InChI is InChI=1S/C25H34N2O8/c1-13(27-12-15-17(29)9-25(4,5)19(21(15)31)23(33)35-7)10-26-11-14-16(28)8-24(2,3)18(20(14)30)22(32)34-6/h11-13,18-19,30-31H,8-10H2,1-7H3/t13-,18-,19-/m1/s1. The van der Waals surface area contributed by atoms with E-state index in [0.717, 1.165) is 0 Å². The molecule has 0 aromatic rings. The van der Waals surface area contributed by atoms with Crippen LogP contribution in [0.3, 0.4) is 0 Å². The third-order valence-electron chi connectivity index (χ3n) is 6.42. The summed E-state index contributed by atoms with van der Waals surface area (Å²) in [5.74, 6) is -4.68. The summed E-state index contributed by atoms with van der Waals surface area (Å²) in [4.78, 5) is 57.8. The fourth-order valence-electron chi connectivity index (χ4n) is 4.48. The lowest BCUT2D eigenvalue weighted by Crippen LogP contribution is -2.40. The fourth-order valence-corrected chi connectivity index (χ4v) is 4.48. The van der Waals surface area contributed by atoms with Crippen LogP contribution in [0, 0.1) is 22.7 Å². The van der Waals surface area contributed by atoms with Gasteiger partial charge in [-0.2, -0.15) is 0 Å². The van der Waals surface area contributed by atoms with E-state index in [1.165, 1.54) is 26.6 Å². The molecule has 0 aromatic heterocycles. The van der Waals surface area contributed by atoms with Crippen LogP contribution in [0.2, 0.25) is 0 Å².